The summed E-state index contributed by atoms with van der Waals surface area (Å²) in [6.45, 7) is 2.23. The fourth-order valence-electron chi connectivity index (χ4n) is 2.93. The van der Waals surface area contributed by atoms with E-state index in [0.29, 0.717) is 6.54 Å². The van der Waals surface area contributed by atoms with Crippen LogP contribution in [0.5, 0.6) is 11.5 Å². The van der Waals surface area contributed by atoms with Crippen molar-refractivity contribution < 1.29 is 23.0 Å². The van der Waals surface area contributed by atoms with E-state index in [9.17, 15) is 8.78 Å². The van der Waals surface area contributed by atoms with E-state index in [-0.39, 0.29) is 16.9 Å². The van der Waals surface area contributed by atoms with Crippen molar-refractivity contribution >= 4 is 0 Å². The van der Waals surface area contributed by atoms with Crippen molar-refractivity contribution in [1.82, 2.24) is 5.32 Å². The molecule has 0 spiro atoms. The van der Waals surface area contributed by atoms with Crippen LogP contribution in [0, 0.1) is 5.41 Å². The molecule has 116 valence electrons. The molecule has 3 rings (SSSR count). The van der Waals surface area contributed by atoms with Crippen LogP contribution in [0.25, 0.3) is 0 Å². The molecule has 1 heterocycles. The van der Waals surface area contributed by atoms with Gasteiger partial charge < -0.3 is 19.5 Å². The van der Waals surface area contributed by atoms with E-state index in [2.05, 4.69) is 14.8 Å². The summed E-state index contributed by atoms with van der Waals surface area (Å²) in [5.41, 5.74) is 1.12. The van der Waals surface area contributed by atoms with Crippen LogP contribution in [0.2, 0.25) is 0 Å². The number of alkyl halides is 2. The zero-order valence-corrected chi connectivity index (χ0v) is 12.0. The Hall–Kier alpha value is -1.40. The lowest BCUT2D eigenvalue weighted by Gasteiger charge is -2.41. The number of rotatable bonds is 6. The standard InChI is InChI=1S/C15H19F2NO3/c1-19-10-14(5-2-6-14)9-18-8-11-3-4-12-13(7-11)21-15(16,17)20-12/h3-4,7,18H,2,5-6,8-10H2,1H3. The first-order valence-corrected chi connectivity index (χ1v) is 7.10. The Morgan fingerprint density at radius 3 is 2.67 bits per heavy atom. The van der Waals surface area contributed by atoms with Gasteiger partial charge >= 0.3 is 6.29 Å². The lowest BCUT2D eigenvalue weighted by Crippen LogP contribution is -2.43. The average Bonchev–Trinajstić information content (AvgIpc) is 2.69. The molecular formula is C15H19F2NO3. The van der Waals surface area contributed by atoms with Crippen molar-refractivity contribution in [3.05, 3.63) is 23.8 Å². The van der Waals surface area contributed by atoms with Crippen LogP contribution in [0.1, 0.15) is 24.8 Å². The van der Waals surface area contributed by atoms with Gasteiger partial charge in [0.15, 0.2) is 11.5 Å². The number of benzene rings is 1. The van der Waals surface area contributed by atoms with Crippen molar-refractivity contribution in [2.24, 2.45) is 5.41 Å². The summed E-state index contributed by atoms with van der Waals surface area (Å²) in [7, 11) is 1.72. The minimum absolute atomic E-state index is 0.0820. The van der Waals surface area contributed by atoms with Crippen LogP contribution in [0.4, 0.5) is 8.78 Å². The van der Waals surface area contributed by atoms with E-state index in [1.165, 1.54) is 25.3 Å². The fraction of sp³-hybridized carbons (Fsp3) is 0.600. The van der Waals surface area contributed by atoms with Gasteiger partial charge in [0.25, 0.3) is 0 Å². The van der Waals surface area contributed by atoms with Crippen LogP contribution in [-0.4, -0.2) is 26.6 Å². The predicted molar refractivity (Wildman–Crippen MR) is 72.5 cm³/mol. The largest absolute Gasteiger partial charge is 0.586 e. The minimum Gasteiger partial charge on any atom is -0.395 e. The van der Waals surface area contributed by atoms with E-state index < -0.39 is 6.29 Å². The molecular weight excluding hydrogens is 280 g/mol. The van der Waals surface area contributed by atoms with Gasteiger partial charge in [0.1, 0.15) is 0 Å². The lowest BCUT2D eigenvalue weighted by molar-refractivity contribution is -0.286. The van der Waals surface area contributed by atoms with Crippen LogP contribution in [0.15, 0.2) is 18.2 Å². The van der Waals surface area contributed by atoms with Gasteiger partial charge in [-0.1, -0.05) is 12.5 Å². The SMILES string of the molecule is COCC1(CNCc2ccc3c(c2)OC(F)(F)O3)CCC1. The quantitative estimate of drug-likeness (QED) is 0.877. The normalized spacial score (nSPS) is 21.1. The third kappa shape index (κ3) is 3.11. The van der Waals surface area contributed by atoms with Gasteiger partial charge in [-0.05, 0) is 30.5 Å². The Balaban J connectivity index is 1.55. The van der Waals surface area contributed by atoms with Crippen molar-refractivity contribution in [3.63, 3.8) is 0 Å². The molecule has 0 bridgehead atoms. The molecule has 1 aliphatic heterocycles. The average molecular weight is 299 g/mol. The fourth-order valence-corrected chi connectivity index (χ4v) is 2.93. The smallest absolute Gasteiger partial charge is 0.395 e. The summed E-state index contributed by atoms with van der Waals surface area (Å²) in [4.78, 5) is 0. The Kier molecular flexibility index (Phi) is 3.75. The summed E-state index contributed by atoms with van der Waals surface area (Å²) in [5, 5.41) is 3.38. The molecule has 0 atom stereocenters. The number of fused-ring (bicyclic) bond motifs is 1. The third-order valence-corrected chi connectivity index (χ3v) is 4.16. The van der Waals surface area contributed by atoms with Gasteiger partial charge in [-0.2, -0.15) is 0 Å². The predicted octanol–water partition coefficient (Wildman–Crippen LogP) is 2.91. The van der Waals surface area contributed by atoms with Gasteiger partial charge in [-0.15, -0.1) is 8.78 Å². The van der Waals surface area contributed by atoms with Crippen LogP contribution in [0.3, 0.4) is 0 Å². The molecule has 0 aromatic heterocycles. The first-order valence-electron chi connectivity index (χ1n) is 7.10. The molecule has 0 saturated heterocycles. The molecule has 1 aromatic carbocycles. The van der Waals surface area contributed by atoms with E-state index in [1.807, 2.05) is 0 Å². The zero-order chi connectivity index (χ0) is 14.9. The van der Waals surface area contributed by atoms with E-state index in [0.717, 1.165) is 18.7 Å². The van der Waals surface area contributed by atoms with Crippen molar-refractivity contribution in [3.8, 4) is 11.5 Å². The Morgan fingerprint density at radius 1 is 1.24 bits per heavy atom. The van der Waals surface area contributed by atoms with Gasteiger partial charge in [0.05, 0.1) is 6.61 Å². The van der Waals surface area contributed by atoms with E-state index >= 15 is 0 Å². The highest BCUT2D eigenvalue weighted by atomic mass is 19.3. The zero-order valence-electron chi connectivity index (χ0n) is 12.0. The number of ether oxygens (including phenoxy) is 3. The van der Waals surface area contributed by atoms with Crippen LogP contribution < -0.4 is 14.8 Å². The highest BCUT2D eigenvalue weighted by molar-refractivity contribution is 5.45. The molecule has 0 unspecified atom stereocenters. The number of hydrogen-bond donors (Lipinski definition) is 1. The van der Waals surface area contributed by atoms with Crippen molar-refractivity contribution in [1.29, 1.82) is 0 Å². The molecule has 0 radical (unpaired) electrons. The number of hydrogen-bond acceptors (Lipinski definition) is 4. The summed E-state index contributed by atoms with van der Waals surface area (Å²) in [5.74, 6) is 0.174. The Morgan fingerprint density at radius 2 is 2.00 bits per heavy atom. The molecule has 1 N–H and O–H groups in total. The number of nitrogens with one attached hydrogen (secondary N) is 1. The first kappa shape index (κ1) is 14.5. The first-order chi connectivity index (χ1) is 10.0. The molecule has 1 saturated carbocycles. The maximum Gasteiger partial charge on any atom is 0.586 e. The summed E-state index contributed by atoms with van der Waals surface area (Å²) >= 11 is 0. The van der Waals surface area contributed by atoms with Gasteiger partial charge in [0, 0.05) is 25.6 Å². The monoisotopic (exact) mass is 299 g/mol. The Bertz CT molecular complexity index is 518. The minimum atomic E-state index is -3.55. The molecule has 4 nitrogen and oxygen atoms in total. The van der Waals surface area contributed by atoms with Crippen LogP contribution >= 0.6 is 0 Å². The Labute approximate surface area is 122 Å². The second-order valence-electron chi connectivity index (χ2n) is 5.84. The van der Waals surface area contributed by atoms with E-state index in [1.54, 1.807) is 19.2 Å². The highest BCUT2D eigenvalue weighted by Crippen LogP contribution is 2.42. The topological polar surface area (TPSA) is 39.7 Å². The van der Waals surface area contributed by atoms with Crippen LogP contribution in [-0.2, 0) is 11.3 Å². The second-order valence-corrected chi connectivity index (χ2v) is 5.84. The summed E-state index contributed by atoms with van der Waals surface area (Å²) < 4.78 is 40.0. The molecule has 1 aliphatic carbocycles. The summed E-state index contributed by atoms with van der Waals surface area (Å²) in [6, 6.07) is 4.87. The highest BCUT2D eigenvalue weighted by Gasteiger charge is 2.43. The van der Waals surface area contributed by atoms with Gasteiger partial charge in [0.2, 0.25) is 0 Å². The second kappa shape index (κ2) is 5.42. The molecule has 1 aromatic rings. The van der Waals surface area contributed by atoms with Gasteiger partial charge in [-0.3, -0.25) is 0 Å². The maximum atomic E-state index is 12.9. The third-order valence-electron chi connectivity index (χ3n) is 4.16. The molecule has 0 amide bonds. The van der Waals surface area contributed by atoms with Crippen molar-refractivity contribution in [2.75, 3.05) is 20.3 Å². The van der Waals surface area contributed by atoms with E-state index in [4.69, 9.17) is 4.74 Å². The number of halogens is 2. The van der Waals surface area contributed by atoms with Crippen molar-refractivity contribution in [2.45, 2.75) is 32.1 Å². The molecule has 2 aliphatic rings. The molecule has 21 heavy (non-hydrogen) atoms. The molecule has 1 fully saturated rings. The maximum absolute atomic E-state index is 12.9. The molecule has 6 heteroatoms. The summed E-state index contributed by atoms with van der Waals surface area (Å²) in [6.07, 6.45) is 0.0232. The number of methoxy groups -OCH3 is 1. The lowest BCUT2D eigenvalue weighted by atomic mass is 9.69. The van der Waals surface area contributed by atoms with Gasteiger partial charge in [-0.25, -0.2) is 0 Å².